The molecular formula is C13H16F3NO2S. The van der Waals surface area contributed by atoms with Crippen molar-refractivity contribution in [2.24, 2.45) is 5.73 Å². The molecule has 7 heteroatoms. The molecule has 0 heterocycles. The molecule has 1 rings (SSSR count). The topological polar surface area (TPSA) is 63.3 Å². The number of hydrogen-bond donors (Lipinski definition) is 2. The van der Waals surface area contributed by atoms with Crippen LogP contribution in [0, 0.1) is 0 Å². The summed E-state index contributed by atoms with van der Waals surface area (Å²) in [7, 11) is 0. The van der Waals surface area contributed by atoms with Gasteiger partial charge in [0.05, 0.1) is 5.56 Å². The quantitative estimate of drug-likeness (QED) is 0.877. The predicted molar refractivity (Wildman–Crippen MR) is 72.4 cm³/mol. The zero-order chi connectivity index (χ0) is 15.6. The highest BCUT2D eigenvalue weighted by Gasteiger charge is 2.33. The van der Waals surface area contributed by atoms with E-state index >= 15 is 0 Å². The van der Waals surface area contributed by atoms with Gasteiger partial charge in [0.2, 0.25) is 0 Å². The third-order valence-corrected chi connectivity index (χ3v) is 4.36. The number of hydrogen-bond acceptors (Lipinski definition) is 3. The maximum atomic E-state index is 12.6. The van der Waals surface area contributed by atoms with Crippen LogP contribution in [-0.4, -0.2) is 21.9 Å². The van der Waals surface area contributed by atoms with Gasteiger partial charge in [-0.1, -0.05) is 18.2 Å². The number of benzene rings is 1. The fourth-order valence-corrected chi connectivity index (χ4v) is 2.49. The van der Waals surface area contributed by atoms with Gasteiger partial charge in [-0.25, -0.2) is 0 Å². The summed E-state index contributed by atoms with van der Waals surface area (Å²) in [4.78, 5) is 10.9. The number of carboxylic acid groups (broad SMARTS) is 1. The highest BCUT2D eigenvalue weighted by Crippen LogP contribution is 2.33. The SMILES string of the molecule is CC(C)(SCc1cccc(C(F)(F)F)c1)[C@@H](N)C(=O)O. The number of thioether (sulfide) groups is 1. The van der Waals surface area contributed by atoms with Gasteiger partial charge in [-0.15, -0.1) is 11.8 Å². The number of alkyl halides is 3. The van der Waals surface area contributed by atoms with Crippen molar-refractivity contribution in [3.8, 4) is 0 Å². The monoisotopic (exact) mass is 307 g/mol. The second-order valence-corrected chi connectivity index (χ2v) is 6.54. The second kappa shape index (κ2) is 6.05. The van der Waals surface area contributed by atoms with E-state index in [2.05, 4.69) is 0 Å². The first-order chi connectivity index (χ1) is 9.04. The molecule has 0 amide bonds. The Bertz CT molecular complexity index is 489. The van der Waals surface area contributed by atoms with Crippen molar-refractivity contribution in [2.45, 2.75) is 36.6 Å². The van der Waals surface area contributed by atoms with E-state index in [1.165, 1.54) is 17.8 Å². The molecule has 3 N–H and O–H groups in total. The van der Waals surface area contributed by atoms with Crippen molar-refractivity contribution in [3.63, 3.8) is 0 Å². The Morgan fingerprint density at radius 1 is 1.40 bits per heavy atom. The standard InChI is InChI=1S/C13H16F3NO2S/c1-12(2,10(17)11(18)19)20-7-8-4-3-5-9(6-8)13(14,15)16/h3-6,10H,7,17H2,1-2H3,(H,18,19)/t10-/m0/s1. The van der Waals surface area contributed by atoms with E-state index in [1.807, 2.05) is 0 Å². The Morgan fingerprint density at radius 3 is 2.50 bits per heavy atom. The van der Waals surface area contributed by atoms with E-state index in [-0.39, 0.29) is 5.75 Å². The molecule has 0 bridgehead atoms. The van der Waals surface area contributed by atoms with E-state index in [9.17, 15) is 18.0 Å². The summed E-state index contributed by atoms with van der Waals surface area (Å²) in [6.45, 7) is 3.31. The van der Waals surface area contributed by atoms with Gasteiger partial charge in [-0.05, 0) is 25.5 Å². The van der Waals surface area contributed by atoms with E-state index in [4.69, 9.17) is 10.8 Å². The summed E-state index contributed by atoms with van der Waals surface area (Å²) in [6.07, 6.45) is -4.38. The van der Waals surface area contributed by atoms with E-state index in [0.717, 1.165) is 12.1 Å². The molecule has 0 fully saturated rings. The molecule has 3 nitrogen and oxygen atoms in total. The van der Waals surface area contributed by atoms with Crippen molar-refractivity contribution in [1.29, 1.82) is 0 Å². The third kappa shape index (κ3) is 4.42. The van der Waals surface area contributed by atoms with Crippen molar-refractivity contribution >= 4 is 17.7 Å². The Balaban J connectivity index is 2.78. The molecule has 1 aromatic carbocycles. The molecule has 1 aromatic rings. The summed E-state index contributed by atoms with van der Waals surface area (Å²) < 4.78 is 36.9. The summed E-state index contributed by atoms with van der Waals surface area (Å²) >= 11 is 1.21. The average molecular weight is 307 g/mol. The lowest BCUT2D eigenvalue weighted by Gasteiger charge is -2.28. The first-order valence-corrected chi connectivity index (χ1v) is 6.81. The lowest BCUT2D eigenvalue weighted by atomic mass is 10.1. The van der Waals surface area contributed by atoms with Gasteiger partial charge in [-0.3, -0.25) is 4.79 Å². The van der Waals surface area contributed by atoms with Gasteiger partial charge in [-0.2, -0.15) is 13.2 Å². The van der Waals surface area contributed by atoms with Crippen molar-refractivity contribution < 1.29 is 23.1 Å². The number of carbonyl (C=O) groups is 1. The zero-order valence-electron chi connectivity index (χ0n) is 11.1. The summed E-state index contributed by atoms with van der Waals surface area (Å²) in [5.74, 6) is -0.871. The number of aliphatic carboxylic acids is 1. The van der Waals surface area contributed by atoms with Crippen LogP contribution in [-0.2, 0) is 16.7 Å². The minimum Gasteiger partial charge on any atom is -0.480 e. The second-order valence-electron chi connectivity index (χ2n) is 4.91. The van der Waals surface area contributed by atoms with Gasteiger partial charge in [0.25, 0.3) is 0 Å². The van der Waals surface area contributed by atoms with Crippen LogP contribution >= 0.6 is 11.8 Å². The van der Waals surface area contributed by atoms with Crippen molar-refractivity contribution in [2.75, 3.05) is 0 Å². The normalized spacial score (nSPS) is 14.1. The molecule has 20 heavy (non-hydrogen) atoms. The van der Waals surface area contributed by atoms with E-state index in [0.29, 0.717) is 5.56 Å². The Morgan fingerprint density at radius 2 is 2.00 bits per heavy atom. The molecule has 112 valence electrons. The number of rotatable bonds is 5. The smallest absolute Gasteiger partial charge is 0.416 e. The summed E-state index contributed by atoms with van der Waals surface area (Å²) in [6, 6.07) is 3.89. The lowest BCUT2D eigenvalue weighted by Crippen LogP contribution is -2.46. The summed E-state index contributed by atoms with van der Waals surface area (Å²) in [5.41, 5.74) is 5.33. The average Bonchev–Trinajstić information content (AvgIpc) is 2.35. The Hall–Kier alpha value is -1.21. The minimum atomic E-state index is -4.38. The van der Waals surface area contributed by atoms with Crippen LogP contribution in [0.5, 0.6) is 0 Å². The van der Waals surface area contributed by atoms with Crippen LogP contribution in [0.25, 0.3) is 0 Å². The molecule has 0 aromatic heterocycles. The Labute approximate surface area is 119 Å². The molecule has 0 saturated heterocycles. The minimum absolute atomic E-state index is 0.262. The van der Waals surface area contributed by atoms with Gasteiger partial charge in [0, 0.05) is 10.5 Å². The fraction of sp³-hybridized carbons (Fsp3) is 0.462. The largest absolute Gasteiger partial charge is 0.480 e. The molecule has 0 aliphatic heterocycles. The first-order valence-electron chi connectivity index (χ1n) is 5.82. The van der Waals surface area contributed by atoms with E-state index in [1.54, 1.807) is 19.9 Å². The number of halogens is 3. The van der Waals surface area contributed by atoms with Crippen LogP contribution in [0.1, 0.15) is 25.0 Å². The first kappa shape index (κ1) is 16.8. The van der Waals surface area contributed by atoms with Crippen LogP contribution in [0.2, 0.25) is 0 Å². The summed E-state index contributed by atoms with van der Waals surface area (Å²) in [5, 5.41) is 8.88. The molecule has 0 radical (unpaired) electrons. The van der Waals surface area contributed by atoms with Crippen molar-refractivity contribution in [3.05, 3.63) is 35.4 Å². The maximum absolute atomic E-state index is 12.6. The van der Waals surface area contributed by atoms with Gasteiger partial charge in [0.1, 0.15) is 6.04 Å². The molecular weight excluding hydrogens is 291 g/mol. The third-order valence-electron chi connectivity index (χ3n) is 2.88. The van der Waals surface area contributed by atoms with Crippen LogP contribution in [0.3, 0.4) is 0 Å². The Kier molecular flexibility index (Phi) is 5.10. The fourth-order valence-electron chi connectivity index (χ4n) is 1.49. The number of nitrogens with two attached hydrogens (primary N) is 1. The van der Waals surface area contributed by atoms with Gasteiger partial charge >= 0.3 is 12.1 Å². The van der Waals surface area contributed by atoms with Gasteiger partial charge in [0.15, 0.2) is 0 Å². The molecule has 1 atom stereocenters. The highest BCUT2D eigenvalue weighted by atomic mass is 32.2. The molecule has 0 unspecified atom stereocenters. The van der Waals surface area contributed by atoms with Crippen LogP contribution < -0.4 is 5.73 Å². The maximum Gasteiger partial charge on any atom is 0.416 e. The van der Waals surface area contributed by atoms with Gasteiger partial charge < -0.3 is 10.8 Å². The molecule has 0 aliphatic rings. The van der Waals surface area contributed by atoms with Crippen molar-refractivity contribution in [1.82, 2.24) is 0 Å². The lowest BCUT2D eigenvalue weighted by molar-refractivity contribution is -0.139. The zero-order valence-corrected chi connectivity index (χ0v) is 11.9. The van der Waals surface area contributed by atoms with Crippen LogP contribution in [0.4, 0.5) is 13.2 Å². The highest BCUT2D eigenvalue weighted by molar-refractivity contribution is 7.99. The van der Waals surface area contributed by atoms with Crippen LogP contribution in [0.15, 0.2) is 24.3 Å². The molecule has 0 spiro atoms. The predicted octanol–water partition coefficient (Wildman–Crippen LogP) is 3.13. The molecule has 0 aliphatic carbocycles. The molecule has 0 saturated carbocycles. The number of carboxylic acids is 1. The van der Waals surface area contributed by atoms with E-state index < -0.39 is 28.5 Å².